The maximum absolute atomic E-state index is 14.4. The number of nitrogens with zero attached hydrogens (tertiary/aromatic N) is 3. The van der Waals surface area contributed by atoms with Gasteiger partial charge in [0.25, 0.3) is 5.91 Å². The Morgan fingerprint density at radius 3 is 2.47 bits per heavy atom. The first kappa shape index (κ1) is 20.3. The fourth-order valence-corrected chi connectivity index (χ4v) is 3.97. The number of rotatable bonds is 5. The summed E-state index contributed by atoms with van der Waals surface area (Å²) in [7, 11) is 1.66. The molecule has 2 aromatic rings. The molecule has 1 aliphatic heterocycles. The SMILES string of the molecule is Cc1ccc(C2CC(c3ccccc3F)=NN2C(=O)CN(C)C(=O)C2CCC2)cc1. The molecule has 6 heteroatoms. The minimum absolute atomic E-state index is 0.0130. The number of likely N-dealkylation sites (N-methyl/N-ethyl adjacent to an activating group) is 1. The van der Waals surface area contributed by atoms with E-state index in [9.17, 15) is 14.0 Å². The Morgan fingerprint density at radius 1 is 1.13 bits per heavy atom. The Hall–Kier alpha value is -3.02. The molecule has 1 heterocycles. The molecule has 0 radical (unpaired) electrons. The van der Waals surface area contributed by atoms with Gasteiger partial charge in [-0.3, -0.25) is 9.59 Å². The lowest BCUT2D eigenvalue weighted by Crippen LogP contribution is -2.42. The Balaban J connectivity index is 1.59. The number of carbonyl (C=O) groups excluding carboxylic acids is 2. The van der Waals surface area contributed by atoms with Gasteiger partial charge in [-0.15, -0.1) is 0 Å². The van der Waals surface area contributed by atoms with Crippen molar-refractivity contribution in [2.75, 3.05) is 13.6 Å². The zero-order valence-electron chi connectivity index (χ0n) is 17.3. The minimum atomic E-state index is -0.356. The molecular formula is C24H26FN3O2. The summed E-state index contributed by atoms with van der Waals surface area (Å²) >= 11 is 0. The highest BCUT2D eigenvalue weighted by atomic mass is 19.1. The van der Waals surface area contributed by atoms with Gasteiger partial charge in [0.2, 0.25) is 5.91 Å². The highest BCUT2D eigenvalue weighted by molar-refractivity contribution is 6.03. The number of amides is 2. The number of halogens is 1. The predicted molar refractivity (Wildman–Crippen MR) is 113 cm³/mol. The number of hydrogen-bond acceptors (Lipinski definition) is 3. The van der Waals surface area contributed by atoms with E-state index in [-0.39, 0.29) is 36.1 Å². The molecule has 2 aromatic carbocycles. The van der Waals surface area contributed by atoms with E-state index < -0.39 is 0 Å². The van der Waals surface area contributed by atoms with E-state index in [1.165, 1.54) is 16.0 Å². The topological polar surface area (TPSA) is 53.0 Å². The van der Waals surface area contributed by atoms with Gasteiger partial charge < -0.3 is 4.90 Å². The molecule has 0 spiro atoms. The monoisotopic (exact) mass is 407 g/mol. The van der Waals surface area contributed by atoms with E-state index in [1.54, 1.807) is 25.2 Å². The molecular weight excluding hydrogens is 381 g/mol. The van der Waals surface area contributed by atoms with Crippen LogP contribution in [0, 0.1) is 18.7 Å². The summed E-state index contributed by atoms with van der Waals surface area (Å²) in [6.45, 7) is 1.97. The van der Waals surface area contributed by atoms with Gasteiger partial charge in [-0.1, -0.05) is 54.4 Å². The van der Waals surface area contributed by atoms with Crippen molar-refractivity contribution in [1.29, 1.82) is 0 Å². The van der Waals surface area contributed by atoms with Crippen LogP contribution >= 0.6 is 0 Å². The highest BCUT2D eigenvalue weighted by Gasteiger charge is 2.35. The van der Waals surface area contributed by atoms with Gasteiger partial charge in [-0.2, -0.15) is 5.10 Å². The van der Waals surface area contributed by atoms with Crippen LogP contribution in [-0.2, 0) is 9.59 Å². The van der Waals surface area contributed by atoms with Crippen LogP contribution in [0.3, 0.4) is 0 Å². The molecule has 156 valence electrons. The Morgan fingerprint density at radius 2 is 1.83 bits per heavy atom. The van der Waals surface area contributed by atoms with Crippen molar-refractivity contribution in [3.63, 3.8) is 0 Å². The zero-order valence-corrected chi connectivity index (χ0v) is 17.3. The lowest BCUT2D eigenvalue weighted by Gasteiger charge is -2.30. The third kappa shape index (κ3) is 3.99. The van der Waals surface area contributed by atoms with Gasteiger partial charge >= 0.3 is 0 Å². The number of hydrogen-bond donors (Lipinski definition) is 0. The van der Waals surface area contributed by atoms with E-state index in [0.717, 1.165) is 30.4 Å². The maximum atomic E-state index is 14.4. The Kier molecular flexibility index (Phi) is 5.66. The first-order valence-corrected chi connectivity index (χ1v) is 10.4. The van der Waals surface area contributed by atoms with Gasteiger partial charge in [0.1, 0.15) is 12.4 Å². The molecule has 0 N–H and O–H groups in total. The maximum Gasteiger partial charge on any atom is 0.262 e. The third-order valence-electron chi connectivity index (χ3n) is 6.02. The molecule has 2 amide bonds. The fraction of sp³-hybridized carbons (Fsp3) is 0.375. The molecule has 2 aliphatic rings. The average Bonchev–Trinajstić information content (AvgIpc) is 3.12. The number of hydrazone groups is 1. The molecule has 0 saturated heterocycles. The average molecular weight is 407 g/mol. The van der Waals surface area contributed by atoms with E-state index in [4.69, 9.17) is 0 Å². The van der Waals surface area contributed by atoms with Crippen LogP contribution in [0.1, 0.15) is 48.4 Å². The standard InChI is InChI=1S/C24H26FN3O2/c1-16-10-12-17(13-11-16)22-14-21(19-8-3-4-9-20(19)25)26-28(22)23(29)15-27(2)24(30)18-6-5-7-18/h3-4,8-13,18,22H,5-7,14-15H2,1-2H3. The van der Waals surface area contributed by atoms with Crippen molar-refractivity contribution in [2.24, 2.45) is 11.0 Å². The second kappa shape index (κ2) is 8.38. The molecule has 4 rings (SSSR count). The van der Waals surface area contributed by atoms with E-state index in [1.807, 2.05) is 31.2 Å². The summed E-state index contributed by atoms with van der Waals surface area (Å²) in [6, 6.07) is 14.1. The van der Waals surface area contributed by atoms with Crippen LogP contribution in [0.2, 0.25) is 0 Å². The van der Waals surface area contributed by atoms with Crippen LogP contribution in [0.15, 0.2) is 53.6 Å². The summed E-state index contributed by atoms with van der Waals surface area (Å²) in [5.74, 6) is -0.571. The molecule has 1 atom stereocenters. The quantitative estimate of drug-likeness (QED) is 0.750. The van der Waals surface area contributed by atoms with Gasteiger partial charge in [-0.25, -0.2) is 9.40 Å². The number of aryl methyl sites for hydroxylation is 1. The molecule has 1 saturated carbocycles. The van der Waals surface area contributed by atoms with E-state index >= 15 is 0 Å². The lowest BCUT2D eigenvalue weighted by molar-refractivity contribution is -0.144. The molecule has 1 fully saturated rings. The minimum Gasteiger partial charge on any atom is -0.336 e. The summed E-state index contributed by atoms with van der Waals surface area (Å²) in [6.07, 6.45) is 3.28. The first-order valence-electron chi connectivity index (χ1n) is 10.4. The molecule has 5 nitrogen and oxygen atoms in total. The van der Waals surface area contributed by atoms with Crippen LogP contribution < -0.4 is 0 Å². The molecule has 30 heavy (non-hydrogen) atoms. The van der Waals surface area contributed by atoms with Crippen molar-refractivity contribution in [2.45, 2.75) is 38.6 Å². The van der Waals surface area contributed by atoms with Gasteiger partial charge in [0.15, 0.2) is 0 Å². The van der Waals surface area contributed by atoms with Gasteiger partial charge in [0.05, 0.1) is 11.8 Å². The Labute approximate surface area is 176 Å². The fourth-order valence-electron chi connectivity index (χ4n) is 3.97. The molecule has 0 bridgehead atoms. The van der Waals surface area contributed by atoms with Crippen molar-refractivity contribution in [3.05, 3.63) is 71.0 Å². The smallest absolute Gasteiger partial charge is 0.262 e. The zero-order chi connectivity index (χ0) is 21.3. The van der Waals surface area contributed by atoms with Crippen molar-refractivity contribution >= 4 is 17.5 Å². The second-order valence-corrected chi connectivity index (χ2v) is 8.22. The number of benzene rings is 2. The molecule has 1 unspecified atom stereocenters. The van der Waals surface area contributed by atoms with Crippen LogP contribution in [0.5, 0.6) is 0 Å². The van der Waals surface area contributed by atoms with Crippen molar-refractivity contribution in [3.8, 4) is 0 Å². The lowest BCUT2D eigenvalue weighted by atomic mass is 9.84. The van der Waals surface area contributed by atoms with Crippen molar-refractivity contribution in [1.82, 2.24) is 9.91 Å². The molecule has 1 aliphatic carbocycles. The van der Waals surface area contributed by atoms with E-state index in [0.29, 0.717) is 17.7 Å². The van der Waals surface area contributed by atoms with Crippen LogP contribution in [-0.4, -0.2) is 41.0 Å². The Bertz CT molecular complexity index is 982. The van der Waals surface area contributed by atoms with Gasteiger partial charge in [0, 0.05) is 24.9 Å². The normalized spacial score (nSPS) is 18.7. The molecule has 0 aromatic heterocycles. The third-order valence-corrected chi connectivity index (χ3v) is 6.02. The first-order chi connectivity index (χ1) is 14.4. The number of carbonyl (C=O) groups is 2. The van der Waals surface area contributed by atoms with Crippen LogP contribution in [0.4, 0.5) is 4.39 Å². The van der Waals surface area contributed by atoms with Crippen LogP contribution in [0.25, 0.3) is 0 Å². The predicted octanol–water partition coefficient (Wildman–Crippen LogP) is 4.07. The summed E-state index contributed by atoms with van der Waals surface area (Å²) in [5, 5.41) is 5.94. The van der Waals surface area contributed by atoms with Crippen molar-refractivity contribution < 1.29 is 14.0 Å². The largest absolute Gasteiger partial charge is 0.336 e. The van der Waals surface area contributed by atoms with E-state index in [2.05, 4.69) is 5.10 Å². The summed E-state index contributed by atoms with van der Waals surface area (Å²) in [5.41, 5.74) is 3.01. The highest BCUT2D eigenvalue weighted by Crippen LogP contribution is 2.34. The summed E-state index contributed by atoms with van der Waals surface area (Å²) < 4.78 is 14.4. The second-order valence-electron chi connectivity index (χ2n) is 8.22. The van der Waals surface area contributed by atoms with Gasteiger partial charge in [-0.05, 0) is 31.4 Å². The summed E-state index contributed by atoms with van der Waals surface area (Å²) in [4.78, 5) is 27.1.